The molecule has 0 radical (unpaired) electrons. The largest absolute Gasteiger partial charge is 0.271 e. The highest BCUT2D eigenvalue weighted by Crippen LogP contribution is 2.38. The Labute approximate surface area is 49.9 Å². The molecule has 0 aromatic rings. The van der Waals surface area contributed by atoms with E-state index in [0.29, 0.717) is 6.35 Å². The molecular weight excluding hydrogens is 147 g/mol. The van der Waals surface area contributed by atoms with Crippen molar-refractivity contribution < 1.29 is 12.6 Å². The van der Waals surface area contributed by atoms with Crippen molar-refractivity contribution in [3.05, 3.63) is 0 Å². The molecule has 0 aliphatic carbocycles. The predicted octanol–water partition coefficient (Wildman–Crippen LogP) is 0.373. The molecule has 1 saturated heterocycles. The van der Waals surface area contributed by atoms with Gasteiger partial charge in [-0.05, 0) is 6.66 Å². The quantitative estimate of drug-likeness (QED) is 0.374. The Morgan fingerprint density at radius 1 is 1.62 bits per heavy atom. The van der Waals surface area contributed by atoms with Crippen LogP contribution in [0, 0.1) is 0 Å². The molecule has 1 atom stereocenters. The van der Waals surface area contributed by atoms with Crippen LogP contribution in [0.5, 0.6) is 0 Å². The van der Waals surface area contributed by atoms with Crippen molar-refractivity contribution in [3.8, 4) is 0 Å². The van der Waals surface area contributed by atoms with Crippen molar-refractivity contribution in [1.82, 2.24) is 0 Å². The molecule has 0 amide bonds. The third-order valence-corrected chi connectivity index (χ3v) is 5.08. The van der Waals surface area contributed by atoms with Gasteiger partial charge in [0.05, 0.1) is 11.8 Å². The highest BCUT2D eigenvalue weighted by atomic mass is 32.2. The van der Waals surface area contributed by atoms with Crippen LogP contribution >= 0.6 is 7.92 Å². The van der Waals surface area contributed by atoms with Gasteiger partial charge < -0.3 is 0 Å². The second kappa shape index (κ2) is 1.94. The smallest absolute Gasteiger partial charge is 0.265 e. The summed E-state index contributed by atoms with van der Waals surface area (Å²) in [6.07, 6.45) is 0.428. The van der Waals surface area contributed by atoms with Crippen LogP contribution < -0.4 is 0 Å². The van der Waals surface area contributed by atoms with Crippen molar-refractivity contribution in [2.24, 2.45) is 0 Å². The highest BCUT2D eigenvalue weighted by Gasteiger charge is 2.24. The summed E-state index contributed by atoms with van der Waals surface area (Å²) in [4.78, 5) is 0. The SMILES string of the molecule is CP1COS(=O)(=O)C1. The zero-order valence-electron chi connectivity index (χ0n) is 4.49. The summed E-state index contributed by atoms with van der Waals surface area (Å²) in [5.74, 6) is 0. The summed E-state index contributed by atoms with van der Waals surface area (Å²) in [6, 6.07) is 0. The average molecular weight is 154 g/mol. The van der Waals surface area contributed by atoms with Gasteiger partial charge in [0.25, 0.3) is 10.1 Å². The maximum Gasteiger partial charge on any atom is 0.271 e. The van der Waals surface area contributed by atoms with Gasteiger partial charge in [-0.2, -0.15) is 8.42 Å². The van der Waals surface area contributed by atoms with E-state index in [2.05, 4.69) is 4.18 Å². The van der Waals surface area contributed by atoms with Crippen LogP contribution in [0.2, 0.25) is 0 Å². The zero-order valence-corrected chi connectivity index (χ0v) is 6.21. The molecule has 1 aliphatic heterocycles. The molecule has 48 valence electrons. The Morgan fingerprint density at radius 2 is 2.25 bits per heavy atom. The topological polar surface area (TPSA) is 43.4 Å². The van der Waals surface area contributed by atoms with E-state index in [4.69, 9.17) is 0 Å². The lowest BCUT2D eigenvalue weighted by molar-refractivity contribution is 0.392. The normalized spacial score (nSPS) is 35.4. The summed E-state index contributed by atoms with van der Waals surface area (Å²) >= 11 is 0. The standard InChI is InChI=1S/C3H7O3PS/c1-7-2-6-8(4,5)3-7/h2-3H2,1H3. The molecule has 0 spiro atoms. The fourth-order valence-electron chi connectivity index (χ4n) is 0.515. The van der Waals surface area contributed by atoms with Crippen LogP contribution in [0.25, 0.3) is 0 Å². The summed E-state index contributed by atoms with van der Waals surface area (Å²) < 4.78 is 25.3. The van der Waals surface area contributed by atoms with Gasteiger partial charge in [-0.3, -0.25) is 4.18 Å². The predicted molar refractivity (Wildman–Crippen MR) is 32.6 cm³/mol. The molecule has 1 heterocycles. The van der Waals surface area contributed by atoms with Gasteiger partial charge in [-0.15, -0.1) is 0 Å². The average Bonchev–Trinajstić information content (AvgIpc) is 1.82. The Morgan fingerprint density at radius 3 is 2.38 bits per heavy atom. The van der Waals surface area contributed by atoms with E-state index in [1.54, 1.807) is 0 Å². The number of hydrogen-bond acceptors (Lipinski definition) is 3. The van der Waals surface area contributed by atoms with Crippen molar-refractivity contribution in [2.45, 2.75) is 0 Å². The Bertz CT molecular complexity index is 173. The summed E-state index contributed by atoms with van der Waals surface area (Å²) in [5, 5.41) is 0. The first kappa shape index (κ1) is 6.46. The van der Waals surface area contributed by atoms with Crippen LogP contribution in [-0.2, 0) is 14.3 Å². The molecule has 1 fully saturated rings. The van der Waals surface area contributed by atoms with Crippen molar-refractivity contribution in [1.29, 1.82) is 0 Å². The molecular formula is C3H7O3PS. The molecule has 5 heteroatoms. The minimum atomic E-state index is -3.07. The van der Waals surface area contributed by atoms with Crippen LogP contribution in [0.1, 0.15) is 0 Å². The van der Waals surface area contributed by atoms with Crippen LogP contribution in [0.4, 0.5) is 0 Å². The van der Waals surface area contributed by atoms with Gasteiger partial charge in [0.1, 0.15) is 0 Å². The maximum absolute atomic E-state index is 10.4. The van der Waals surface area contributed by atoms with Gasteiger partial charge in [0.15, 0.2) is 0 Å². The van der Waals surface area contributed by atoms with Crippen LogP contribution in [0.15, 0.2) is 0 Å². The molecule has 0 saturated carbocycles. The Balaban J connectivity index is 2.71. The molecule has 1 aliphatic rings. The first-order valence-electron chi connectivity index (χ1n) is 2.16. The molecule has 1 unspecified atom stereocenters. The molecule has 0 bridgehead atoms. The molecule has 0 aromatic heterocycles. The third-order valence-electron chi connectivity index (χ3n) is 0.831. The van der Waals surface area contributed by atoms with E-state index in [-0.39, 0.29) is 13.4 Å². The summed E-state index contributed by atoms with van der Waals surface area (Å²) in [6.45, 7) is 1.92. The number of rotatable bonds is 0. The van der Waals surface area contributed by atoms with E-state index < -0.39 is 10.1 Å². The monoisotopic (exact) mass is 154 g/mol. The molecule has 1 rings (SSSR count). The van der Waals surface area contributed by atoms with Gasteiger partial charge in [0, 0.05) is 0 Å². The lowest BCUT2D eigenvalue weighted by atomic mass is 11.7. The van der Waals surface area contributed by atoms with Crippen LogP contribution in [-0.4, -0.2) is 26.9 Å². The van der Waals surface area contributed by atoms with Gasteiger partial charge in [-0.25, -0.2) is 0 Å². The summed E-state index contributed by atoms with van der Waals surface area (Å²) in [7, 11) is -3.43. The Hall–Kier alpha value is 0.340. The summed E-state index contributed by atoms with van der Waals surface area (Å²) in [5.41, 5.74) is 0.252. The molecule has 0 aromatic carbocycles. The van der Waals surface area contributed by atoms with Crippen molar-refractivity contribution in [2.75, 3.05) is 18.5 Å². The second-order valence-corrected chi connectivity index (χ2v) is 6.14. The van der Waals surface area contributed by atoms with E-state index >= 15 is 0 Å². The second-order valence-electron chi connectivity index (χ2n) is 1.79. The van der Waals surface area contributed by atoms with Crippen LogP contribution in [0.3, 0.4) is 0 Å². The fraction of sp³-hybridized carbons (Fsp3) is 1.00. The zero-order chi connectivity index (χ0) is 6.20. The van der Waals surface area contributed by atoms with Gasteiger partial charge >= 0.3 is 0 Å². The molecule has 3 nitrogen and oxygen atoms in total. The van der Waals surface area contributed by atoms with Crippen molar-refractivity contribution >= 4 is 18.0 Å². The first-order chi connectivity index (χ1) is 3.60. The fourth-order valence-corrected chi connectivity index (χ4v) is 4.63. The van der Waals surface area contributed by atoms with E-state index in [9.17, 15) is 8.42 Å². The van der Waals surface area contributed by atoms with E-state index in [1.807, 2.05) is 6.66 Å². The van der Waals surface area contributed by atoms with Gasteiger partial charge in [0.2, 0.25) is 0 Å². The minimum Gasteiger partial charge on any atom is -0.265 e. The first-order valence-corrected chi connectivity index (χ1v) is 5.89. The minimum absolute atomic E-state index is 0.252. The lowest BCUT2D eigenvalue weighted by Gasteiger charge is -1.87. The van der Waals surface area contributed by atoms with E-state index in [0.717, 1.165) is 0 Å². The molecule has 8 heavy (non-hydrogen) atoms. The lowest BCUT2D eigenvalue weighted by Crippen LogP contribution is -1.96. The molecule has 0 N–H and O–H groups in total. The highest BCUT2D eigenvalue weighted by molar-refractivity contribution is 7.96. The maximum atomic E-state index is 10.4. The number of hydrogen-bond donors (Lipinski definition) is 0. The Kier molecular flexibility index (Phi) is 1.56. The third kappa shape index (κ3) is 1.41. The van der Waals surface area contributed by atoms with E-state index in [1.165, 1.54) is 0 Å². The van der Waals surface area contributed by atoms with Gasteiger partial charge in [-0.1, -0.05) is 7.92 Å². The van der Waals surface area contributed by atoms with Crippen molar-refractivity contribution in [3.63, 3.8) is 0 Å².